The molecule has 3 rings (SSSR count). The Labute approximate surface area is 148 Å². The van der Waals surface area contributed by atoms with E-state index in [1.54, 1.807) is 38.4 Å². The van der Waals surface area contributed by atoms with E-state index in [0.717, 1.165) is 5.56 Å². The van der Waals surface area contributed by atoms with Crippen molar-refractivity contribution in [1.82, 2.24) is 14.5 Å². The molecule has 0 N–H and O–H groups in total. The van der Waals surface area contributed by atoms with Crippen LogP contribution in [0.1, 0.15) is 15.9 Å². The number of nitro benzene ring substituents is 1. The van der Waals surface area contributed by atoms with Gasteiger partial charge in [-0.15, -0.1) is 0 Å². The number of nitrogens with zero attached hydrogens (tertiary/aromatic N) is 4. The summed E-state index contributed by atoms with van der Waals surface area (Å²) in [6.07, 6.45) is 1.37. The average molecular weight is 352 g/mol. The van der Waals surface area contributed by atoms with E-state index in [1.807, 2.05) is 0 Å². The van der Waals surface area contributed by atoms with E-state index in [4.69, 9.17) is 0 Å². The van der Waals surface area contributed by atoms with Gasteiger partial charge in [-0.05, 0) is 23.8 Å². The number of carbonyl (C=O) groups excluding carboxylic acids is 1. The Bertz CT molecular complexity index is 1050. The van der Waals surface area contributed by atoms with Gasteiger partial charge in [0.15, 0.2) is 0 Å². The quantitative estimate of drug-likeness (QED) is 0.529. The van der Waals surface area contributed by atoms with Gasteiger partial charge in [0.05, 0.1) is 28.7 Å². The van der Waals surface area contributed by atoms with Crippen molar-refractivity contribution < 1.29 is 9.72 Å². The molecule has 8 heteroatoms. The summed E-state index contributed by atoms with van der Waals surface area (Å²) in [5.74, 6) is -0.0947. The number of hydrogen-bond donors (Lipinski definition) is 0. The van der Waals surface area contributed by atoms with E-state index in [9.17, 15) is 19.7 Å². The van der Waals surface area contributed by atoms with Crippen molar-refractivity contribution in [3.8, 4) is 0 Å². The fourth-order valence-corrected chi connectivity index (χ4v) is 2.58. The lowest BCUT2D eigenvalue weighted by atomic mass is 10.1. The van der Waals surface area contributed by atoms with Crippen molar-refractivity contribution >= 4 is 22.5 Å². The minimum absolute atomic E-state index is 0.0947. The summed E-state index contributed by atoms with van der Waals surface area (Å²) in [5.41, 5.74) is 1.30. The summed E-state index contributed by atoms with van der Waals surface area (Å²) >= 11 is 0. The van der Waals surface area contributed by atoms with Gasteiger partial charge in [-0.25, -0.2) is 4.98 Å². The van der Waals surface area contributed by atoms with Crippen LogP contribution in [0.15, 0.2) is 53.6 Å². The molecule has 26 heavy (non-hydrogen) atoms. The zero-order valence-corrected chi connectivity index (χ0v) is 14.2. The maximum atomic E-state index is 12.6. The number of hydrogen-bond acceptors (Lipinski definition) is 5. The van der Waals surface area contributed by atoms with Crippen LogP contribution >= 0.6 is 0 Å². The molecule has 0 aliphatic rings. The number of nitro groups is 1. The van der Waals surface area contributed by atoms with Crippen LogP contribution in [0.25, 0.3) is 10.9 Å². The van der Waals surface area contributed by atoms with Gasteiger partial charge in [0, 0.05) is 31.8 Å². The average Bonchev–Trinajstić information content (AvgIpc) is 2.63. The van der Waals surface area contributed by atoms with Gasteiger partial charge < -0.3 is 4.90 Å². The molecule has 0 radical (unpaired) electrons. The van der Waals surface area contributed by atoms with Gasteiger partial charge in [-0.3, -0.25) is 24.3 Å². The molecule has 3 aromatic rings. The number of amides is 1. The first-order chi connectivity index (χ1) is 12.4. The predicted molar refractivity (Wildman–Crippen MR) is 96.2 cm³/mol. The first-order valence-electron chi connectivity index (χ1n) is 7.81. The topological polar surface area (TPSA) is 98.3 Å². The highest BCUT2D eigenvalue weighted by Crippen LogP contribution is 2.16. The molecule has 0 atom stereocenters. The minimum atomic E-state index is -0.525. The maximum absolute atomic E-state index is 12.6. The van der Waals surface area contributed by atoms with Crippen LogP contribution in [0.5, 0.6) is 0 Å². The van der Waals surface area contributed by atoms with E-state index in [1.165, 1.54) is 34.0 Å². The second kappa shape index (κ2) is 6.75. The summed E-state index contributed by atoms with van der Waals surface area (Å²) < 4.78 is 1.43. The molecule has 0 unspecified atom stereocenters. The fraction of sp³-hybridized carbons (Fsp3) is 0.167. The highest BCUT2D eigenvalue weighted by molar-refractivity contribution is 5.93. The Morgan fingerprint density at radius 1 is 1.19 bits per heavy atom. The van der Waals surface area contributed by atoms with Gasteiger partial charge >= 0.3 is 0 Å². The lowest BCUT2D eigenvalue weighted by Crippen LogP contribution is -2.22. The van der Waals surface area contributed by atoms with Gasteiger partial charge in [0.1, 0.15) is 0 Å². The minimum Gasteiger partial charge on any atom is -0.345 e. The third-order valence-electron chi connectivity index (χ3n) is 3.98. The van der Waals surface area contributed by atoms with Gasteiger partial charge in [0.25, 0.3) is 17.2 Å². The van der Waals surface area contributed by atoms with Gasteiger partial charge in [-0.1, -0.05) is 12.1 Å². The lowest BCUT2D eigenvalue weighted by Gasteiger charge is -2.11. The molecule has 0 saturated heterocycles. The van der Waals surface area contributed by atoms with Gasteiger partial charge in [0.2, 0.25) is 0 Å². The molecule has 2 aromatic carbocycles. The largest absolute Gasteiger partial charge is 0.345 e. The van der Waals surface area contributed by atoms with Crippen molar-refractivity contribution in [2.45, 2.75) is 6.54 Å². The van der Waals surface area contributed by atoms with Crippen molar-refractivity contribution in [2.24, 2.45) is 0 Å². The van der Waals surface area contributed by atoms with E-state index >= 15 is 0 Å². The first-order valence-corrected chi connectivity index (χ1v) is 7.81. The second-order valence-corrected chi connectivity index (χ2v) is 6.03. The fourth-order valence-electron chi connectivity index (χ4n) is 2.58. The number of non-ortho nitro benzene ring substituents is 1. The third kappa shape index (κ3) is 3.30. The van der Waals surface area contributed by atoms with Crippen LogP contribution in [0.4, 0.5) is 5.69 Å². The second-order valence-electron chi connectivity index (χ2n) is 6.03. The molecule has 0 bridgehead atoms. The molecule has 0 saturated carbocycles. The third-order valence-corrected chi connectivity index (χ3v) is 3.98. The molecule has 8 nitrogen and oxygen atoms in total. The Morgan fingerprint density at radius 3 is 2.50 bits per heavy atom. The number of carbonyl (C=O) groups is 1. The zero-order chi connectivity index (χ0) is 18.8. The molecule has 0 spiro atoms. The normalized spacial score (nSPS) is 10.7. The summed E-state index contributed by atoms with van der Waals surface area (Å²) in [5, 5.41) is 11.1. The van der Waals surface area contributed by atoms with Crippen molar-refractivity contribution in [1.29, 1.82) is 0 Å². The van der Waals surface area contributed by atoms with Crippen molar-refractivity contribution in [3.63, 3.8) is 0 Å². The van der Waals surface area contributed by atoms with E-state index in [0.29, 0.717) is 10.9 Å². The summed E-state index contributed by atoms with van der Waals surface area (Å²) in [6, 6.07) is 11.0. The number of rotatable bonds is 4. The van der Waals surface area contributed by atoms with Crippen molar-refractivity contribution in [2.75, 3.05) is 14.1 Å². The Morgan fingerprint density at radius 2 is 1.88 bits per heavy atom. The number of aromatic nitrogens is 2. The molecule has 1 amide bonds. The molecular formula is C18H16N4O4. The SMILES string of the molecule is CN(C)C(=O)c1ccc(Cn2cnc3cc([N+](=O)[O-])ccc3c2=O)cc1. The van der Waals surface area contributed by atoms with E-state index in [-0.39, 0.29) is 29.2 Å². The Balaban J connectivity index is 1.90. The number of benzene rings is 2. The van der Waals surface area contributed by atoms with Crippen LogP contribution in [-0.4, -0.2) is 39.4 Å². The molecular weight excluding hydrogens is 336 g/mol. The van der Waals surface area contributed by atoms with Crippen molar-refractivity contribution in [3.05, 3.63) is 80.4 Å². The van der Waals surface area contributed by atoms with E-state index in [2.05, 4.69) is 4.98 Å². The van der Waals surface area contributed by atoms with Gasteiger partial charge in [-0.2, -0.15) is 0 Å². The highest BCUT2D eigenvalue weighted by Gasteiger charge is 2.11. The molecule has 132 valence electrons. The van der Waals surface area contributed by atoms with Crippen LogP contribution in [0.3, 0.4) is 0 Å². The van der Waals surface area contributed by atoms with Crippen LogP contribution < -0.4 is 5.56 Å². The molecule has 1 heterocycles. The van der Waals surface area contributed by atoms with Crippen LogP contribution in [-0.2, 0) is 6.54 Å². The smallest absolute Gasteiger partial charge is 0.271 e. The molecule has 1 aromatic heterocycles. The number of fused-ring (bicyclic) bond motifs is 1. The molecule has 0 fully saturated rings. The molecule has 0 aliphatic heterocycles. The van der Waals surface area contributed by atoms with E-state index < -0.39 is 4.92 Å². The summed E-state index contributed by atoms with van der Waals surface area (Å²) in [7, 11) is 3.36. The maximum Gasteiger partial charge on any atom is 0.271 e. The Hall–Kier alpha value is -3.55. The summed E-state index contributed by atoms with van der Waals surface area (Å²) in [4.78, 5) is 40.4. The summed E-state index contributed by atoms with van der Waals surface area (Å²) in [6.45, 7) is 0.287. The van der Waals surface area contributed by atoms with Crippen LogP contribution in [0.2, 0.25) is 0 Å². The standard InChI is InChI=1S/C18H16N4O4/c1-20(2)17(23)13-5-3-12(4-6-13)10-21-11-19-16-9-14(22(25)26)7-8-15(16)18(21)24/h3-9,11H,10H2,1-2H3. The zero-order valence-electron chi connectivity index (χ0n) is 14.2. The molecule has 0 aliphatic carbocycles. The predicted octanol–water partition coefficient (Wildman–Crippen LogP) is 2.05. The highest BCUT2D eigenvalue weighted by atomic mass is 16.6. The monoisotopic (exact) mass is 352 g/mol. The van der Waals surface area contributed by atoms with Crippen LogP contribution in [0, 0.1) is 10.1 Å². The Kier molecular flexibility index (Phi) is 4.49. The first kappa shape index (κ1) is 17.3. The lowest BCUT2D eigenvalue weighted by molar-refractivity contribution is -0.384.